The van der Waals surface area contributed by atoms with Crippen LogP contribution in [0.1, 0.15) is 31.4 Å². The minimum Gasteiger partial charge on any atom is -0.166 e. The Morgan fingerprint density at radius 3 is 2.35 bits per heavy atom. The molecule has 0 amide bonds. The molecule has 0 heterocycles. The first-order valence-electron chi connectivity index (χ1n) is 5.53. The Balaban J connectivity index is 2.93. The van der Waals surface area contributed by atoms with Crippen molar-refractivity contribution in [2.75, 3.05) is 5.88 Å². The summed E-state index contributed by atoms with van der Waals surface area (Å²) in [6, 6.07) is 5.46. The normalized spacial score (nSPS) is 15.6. The van der Waals surface area contributed by atoms with E-state index in [4.69, 9.17) is 11.6 Å². The van der Waals surface area contributed by atoms with E-state index in [1.54, 1.807) is 6.07 Å². The van der Waals surface area contributed by atoms with Crippen LogP contribution in [-0.4, -0.2) is 5.88 Å². The fraction of sp³-hybridized carbons (Fsp3) is 0.538. The molecular formula is C13H16ClF3. The van der Waals surface area contributed by atoms with Crippen LogP contribution in [0.5, 0.6) is 0 Å². The molecule has 96 valence electrons. The second-order valence-electron chi connectivity index (χ2n) is 4.67. The topological polar surface area (TPSA) is 0 Å². The van der Waals surface area contributed by atoms with Crippen molar-refractivity contribution in [3.05, 3.63) is 35.4 Å². The van der Waals surface area contributed by atoms with Gasteiger partial charge >= 0.3 is 6.18 Å². The predicted octanol–water partition coefficient (Wildman–Crippen LogP) is 4.90. The van der Waals surface area contributed by atoms with Gasteiger partial charge < -0.3 is 0 Å². The van der Waals surface area contributed by atoms with Crippen LogP contribution in [0.2, 0.25) is 0 Å². The summed E-state index contributed by atoms with van der Waals surface area (Å²) in [7, 11) is 0. The molecule has 1 aromatic carbocycles. The van der Waals surface area contributed by atoms with E-state index in [1.807, 2.05) is 13.8 Å². The summed E-state index contributed by atoms with van der Waals surface area (Å²) in [5.74, 6) is 0.444. The van der Waals surface area contributed by atoms with Crippen molar-refractivity contribution in [3.63, 3.8) is 0 Å². The molecule has 0 spiro atoms. The van der Waals surface area contributed by atoms with Gasteiger partial charge in [-0.3, -0.25) is 0 Å². The van der Waals surface area contributed by atoms with Gasteiger partial charge in [0.2, 0.25) is 0 Å². The Hall–Kier alpha value is -0.700. The van der Waals surface area contributed by atoms with E-state index in [9.17, 15) is 13.2 Å². The van der Waals surface area contributed by atoms with Crippen LogP contribution >= 0.6 is 11.6 Å². The van der Waals surface area contributed by atoms with Crippen LogP contribution in [0, 0.1) is 5.41 Å². The maximum Gasteiger partial charge on any atom is 0.416 e. The van der Waals surface area contributed by atoms with Gasteiger partial charge in [-0.05, 0) is 29.9 Å². The Morgan fingerprint density at radius 2 is 1.88 bits per heavy atom. The zero-order chi connectivity index (χ0) is 13.1. The molecular weight excluding hydrogens is 249 g/mol. The second-order valence-corrected chi connectivity index (χ2v) is 4.94. The molecule has 0 saturated carbocycles. The molecule has 1 rings (SSSR count). The van der Waals surface area contributed by atoms with Gasteiger partial charge in [-0.25, -0.2) is 0 Å². The molecule has 1 aromatic rings. The summed E-state index contributed by atoms with van der Waals surface area (Å²) >= 11 is 5.87. The van der Waals surface area contributed by atoms with E-state index in [2.05, 4.69) is 0 Å². The zero-order valence-electron chi connectivity index (χ0n) is 9.94. The van der Waals surface area contributed by atoms with Gasteiger partial charge in [0.1, 0.15) is 0 Å². The molecule has 17 heavy (non-hydrogen) atoms. The van der Waals surface area contributed by atoms with Crippen molar-refractivity contribution in [1.82, 2.24) is 0 Å². The van der Waals surface area contributed by atoms with Crippen molar-refractivity contribution in [2.45, 2.75) is 32.9 Å². The second kappa shape index (κ2) is 5.30. The molecule has 0 nitrogen and oxygen atoms in total. The van der Waals surface area contributed by atoms with Crippen molar-refractivity contribution >= 4 is 11.6 Å². The van der Waals surface area contributed by atoms with Crippen molar-refractivity contribution in [3.8, 4) is 0 Å². The molecule has 0 aliphatic carbocycles. The molecule has 0 aliphatic heterocycles. The van der Waals surface area contributed by atoms with Gasteiger partial charge in [0.05, 0.1) is 5.56 Å². The van der Waals surface area contributed by atoms with Crippen LogP contribution in [-0.2, 0) is 12.6 Å². The minimum atomic E-state index is -4.28. The lowest BCUT2D eigenvalue weighted by atomic mass is 9.83. The number of hydrogen-bond donors (Lipinski definition) is 0. The molecule has 0 N–H and O–H groups in total. The lowest BCUT2D eigenvalue weighted by molar-refractivity contribution is -0.137. The van der Waals surface area contributed by atoms with E-state index in [1.165, 1.54) is 12.1 Å². The standard InChI is InChI=1S/C13H16ClF3/c1-3-12(2,9-14)8-10-5-4-6-11(7-10)13(15,16)17/h4-7H,3,8-9H2,1-2H3. The minimum absolute atomic E-state index is 0.147. The number of alkyl halides is 4. The average molecular weight is 265 g/mol. The van der Waals surface area contributed by atoms with Crippen molar-refractivity contribution in [1.29, 1.82) is 0 Å². The van der Waals surface area contributed by atoms with Crippen molar-refractivity contribution in [2.24, 2.45) is 5.41 Å². The highest BCUT2D eigenvalue weighted by molar-refractivity contribution is 6.18. The fourth-order valence-electron chi connectivity index (χ4n) is 1.62. The summed E-state index contributed by atoms with van der Waals surface area (Å²) in [5.41, 5.74) is -0.0564. The largest absolute Gasteiger partial charge is 0.416 e. The number of halogens is 4. The maximum absolute atomic E-state index is 12.5. The zero-order valence-corrected chi connectivity index (χ0v) is 10.7. The summed E-state index contributed by atoms with van der Waals surface area (Å²) < 4.78 is 37.6. The molecule has 1 unspecified atom stereocenters. The third-order valence-corrected chi connectivity index (χ3v) is 3.71. The summed E-state index contributed by atoms with van der Waals surface area (Å²) in [6.07, 6.45) is -2.87. The first kappa shape index (κ1) is 14.4. The van der Waals surface area contributed by atoms with Crippen LogP contribution in [0.3, 0.4) is 0 Å². The Bertz CT molecular complexity index is 367. The lowest BCUT2D eigenvalue weighted by Gasteiger charge is -2.25. The number of benzene rings is 1. The molecule has 0 aliphatic rings. The summed E-state index contributed by atoms with van der Waals surface area (Å²) in [6.45, 7) is 3.98. The van der Waals surface area contributed by atoms with Gasteiger partial charge in [-0.1, -0.05) is 32.0 Å². The van der Waals surface area contributed by atoms with E-state index in [0.717, 1.165) is 12.5 Å². The molecule has 1 atom stereocenters. The Morgan fingerprint density at radius 1 is 1.24 bits per heavy atom. The average Bonchev–Trinajstić information content (AvgIpc) is 2.28. The fourth-order valence-corrected chi connectivity index (χ4v) is 1.90. The van der Waals surface area contributed by atoms with Crippen LogP contribution in [0.15, 0.2) is 24.3 Å². The van der Waals surface area contributed by atoms with Gasteiger partial charge in [0, 0.05) is 5.88 Å². The highest BCUT2D eigenvalue weighted by Gasteiger charge is 2.31. The third kappa shape index (κ3) is 3.91. The first-order valence-corrected chi connectivity index (χ1v) is 6.06. The van der Waals surface area contributed by atoms with Crippen LogP contribution < -0.4 is 0 Å². The van der Waals surface area contributed by atoms with E-state index in [0.29, 0.717) is 17.9 Å². The quantitative estimate of drug-likeness (QED) is 0.679. The van der Waals surface area contributed by atoms with Gasteiger partial charge in [-0.15, -0.1) is 11.6 Å². The highest BCUT2D eigenvalue weighted by atomic mass is 35.5. The summed E-state index contributed by atoms with van der Waals surface area (Å²) in [5, 5.41) is 0. The molecule has 0 bridgehead atoms. The molecule has 0 fully saturated rings. The highest BCUT2D eigenvalue weighted by Crippen LogP contribution is 2.32. The smallest absolute Gasteiger partial charge is 0.166 e. The molecule has 4 heteroatoms. The summed E-state index contributed by atoms with van der Waals surface area (Å²) in [4.78, 5) is 0. The van der Waals surface area contributed by atoms with Crippen LogP contribution in [0.25, 0.3) is 0 Å². The molecule has 0 aromatic heterocycles. The van der Waals surface area contributed by atoms with Gasteiger partial charge in [0.25, 0.3) is 0 Å². The monoisotopic (exact) mass is 264 g/mol. The maximum atomic E-state index is 12.5. The SMILES string of the molecule is CCC(C)(CCl)Cc1cccc(C(F)(F)F)c1. The Kier molecular flexibility index (Phi) is 4.48. The third-order valence-electron chi connectivity index (χ3n) is 3.06. The van der Waals surface area contributed by atoms with Gasteiger partial charge in [0.15, 0.2) is 0 Å². The molecule has 0 radical (unpaired) electrons. The van der Waals surface area contributed by atoms with E-state index in [-0.39, 0.29) is 5.41 Å². The van der Waals surface area contributed by atoms with Gasteiger partial charge in [-0.2, -0.15) is 13.2 Å². The van der Waals surface area contributed by atoms with Crippen molar-refractivity contribution < 1.29 is 13.2 Å². The Labute approximate surface area is 105 Å². The van der Waals surface area contributed by atoms with E-state index >= 15 is 0 Å². The first-order chi connectivity index (χ1) is 7.80. The predicted molar refractivity (Wildman–Crippen MR) is 64.3 cm³/mol. The number of rotatable bonds is 4. The number of hydrogen-bond acceptors (Lipinski definition) is 0. The molecule has 0 saturated heterocycles. The lowest BCUT2D eigenvalue weighted by Crippen LogP contribution is -2.20. The van der Waals surface area contributed by atoms with E-state index < -0.39 is 11.7 Å². The van der Waals surface area contributed by atoms with Crippen LogP contribution in [0.4, 0.5) is 13.2 Å².